The summed E-state index contributed by atoms with van der Waals surface area (Å²) in [5.41, 5.74) is 2.24. The average molecular weight is 370 g/mol. The third-order valence-electron chi connectivity index (χ3n) is 4.31. The number of rotatable bonds is 2. The quantitative estimate of drug-likeness (QED) is 0.796. The molecule has 6 nitrogen and oxygen atoms in total. The van der Waals surface area contributed by atoms with Crippen LogP contribution >= 0.6 is 0 Å². The first-order valence-electron chi connectivity index (χ1n) is 9.06. The summed E-state index contributed by atoms with van der Waals surface area (Å²) in [6.45, 7) is 6.75. The first-order chi connectivity index (χ1) is 12.6. The minimum Gasteiger partial charge on any atom is -0.451 e. The van der Waals surface area contributed by atoms with Gasteiger partial charge in [-0.1, -0.05) is 12.1 Å². The molecular weight excluding hydrogens is 344 g/mol. The van der Waals surface area contributed by atoms with Crippen molar-refractivity contribution in [2.24, 2.45) is 0 Å². The standard InChI is InChI=1S/C21H26N2O4/c1-21(2,3)27-20(25)23-10-6-7-15(13-23)14-8-9-17-16(11-14)12-18(26-17)19(24)22(4)5/h7-9,11-12H,6,10,13H2,1-5H3. The van der Waals surface area contributed by atoms with Crippen LogP contribution in [0.1, 0.15) is 43.3 Å². The Bertz CT molecular complexity index is 903. The van der Waals surface area contributed by atoms with Gasteiger partial charge in [-0.3, -0.25) is 4.79 Å². The van der Waals surface area contributed by atoms with E-state index in [0.717, 1.165) is 22.9 Å². The van der Waals surface area contributed by atoms with Crippen LogP contribution in [0.15, 0.2) is 34.8 Å². The molecule has 2 aromatic rings. The maximum absolute atomic E-state index is 12.4. The lowest BCUT2D eigenvalue weighted by Crippen LogP contribution is -2.39. The molecule has 0 saturated heterocycles. The predicted molar refractivity (Wildman–Crippen MR) is 105 cm³/mol. The Morgan fingerprint density at radius 1 is 1.19 bits per heavy atom. The molecule has 0 bridgehead atoms. The zero-order chi connectivity index (χ0) is 19.8. The van der Waals surface area contributed by atoms with Crippen molar-refractivity contribution in [3.63, 3.8) is 0 Å². The van der Waals surface area contributed by atoms with Gasteiger partial charge in [0, 0.05) is 32.6 Å². The molecule has 2 heterocycles. The zero-order valence-corrected chi connectivity index (χ0v) is 16.5. The molecule has 0 spiro atoms. The number of carbonyl (C=O) groups excluding carboxylic acids is 2. The maximum atomic E-state index is 12.4. The van der Waals surface area contributed by atoms with Crippen molar-refractivity contribution in [3.8, 4) is 0 Å². The number of benzene rings is 1. The monoisotopic (exact) mass is 370 g/mol. The molecule has 1 aliphatic heterocycles. The summed E-state index contributed by atoms with van der Waals surface area (Å²) in [5, 5.41) is 0.869. The van der Waals surface area contributed by atoms with Crippen molar-refractivity contribution in [3.05, 3.63) is 41.7 Å². The molecule has 6 heteroatoms. The van der Waals surface area contributed by atoms with Crippen molar-refractivity contribution in [2.75, 3.05) is 27.2 Å². The lowest BCUT2D eigenvalue weighted by atomic mass is 10.00. The Morgan fingerprint density at radius 2 is 1.93 bits per heavy atom. The number of hydrogen-bond donors (Lipinski definition) is 0. The van der Waals surface area contributed by atoms with Gasteiger partial charge >= 0.3 is 6.09 Å². The number of nitrogens with zero attached hydrogens (tertiary/aromatic N) is 2. The van der Waals surface area contributed by atoms with Crippen molar-refractivity contribution >= 4 is 28.5 Å². The van der Waals surface area contributed by atoms with E-state index >= 15 is 0 Å². The fourth-order valence-electron chi connectivity index (χ4n) is 3.00. The molecule has 3 rings (SSSR count). The molecule has 0 radical (unpaired) electrons. The summed E-state index contributed by atoms with van der Waals surface area (Å²) >= 11 is 0. The van der Waals surface area contributed by atoms with Gasteiger partial charge in [-0.25, -0.2) is 4.79 Å². The summed E-state index contributed by atoms with van der Waals surface area (Å²) < 4.78 is 11.1. The van der Waals surface area contributed by atoms with Crippen LogP contribution in [0.2, 0.25) is 0 Å². The molecule has 1 aliphatic rings. The zero-order valence-electron chi connectivity index (χ0n) is 16.5. The second-order valence-corrected chi connectivity index (χ2v) is 7.98. The van der Waals surface area contributed by atoms with Gasteiger partial charge in [0.05, 0.1) is 0 Å². The van der Waals surface area contributed by atoms with E-state index in [1.807, 2.05) is 39.0 Å². The van der Waals surface area contributed by atoms with E-state index in [1.54, 1.807) is 25.1 Å². The van der Waals surface area contributed by atoms with Crippen molar-refractivity contribution < 1.29 is 18.7 Å². The van der Waals surface area contributed by atoms with Crippen LogP contribution in [0.3, 0.4) is 0 Å². The Kier molecular flexibility index (Phi) is 5.00. The number of amides is 2. The average Bonchev–Trinajstić information content (AvgIpc) is 3.02. The Hall–Kier alpha value is -2.76. The number of furan rings is 1. The Morgan fingerprint density at radius 3 is 2.59 bits per heavy atom. The molecule has 0 aliphatic carbocycles. The number of ether oxygens (including phenoxy) is 1. The van der Waals surface area contributed by atoms with Gasteiger partial charge in [0.1, 0.15) is 11.2 Å². The molecule has 1 aromatic heterocycles. The molecule has 0 fully saturated rings. The molecule has 27 heavy (non-hydrogen) atoms. The van der Waals surface area contributed by atoms with Crippen LogP contribution in [-0.2, 0) is 4.74 Å². The first-order valence-corrected chi connectivity index (χ1v) is 9.06. The fourth-order valence-corrected chi connectivity index (χ4v) is 3.00. The molecule has 0 saturated carbocycles. The van der Waals surface area contributed by atoms with Crippen LogP contribution in [0.25, 0.3) is 16.5 Å². The van der Waals surface area contributed by atoms with E-state index in [2.05, 4.69) is 6.08 Å². The van der Waals surface area contributed by atoms with E-state index in [1.165, 1.54) is 4.90 Å². The van der Waals surface area contributed by atoms with Crippen LogP contribution in [0.5, 0.6) is 0 Å². The van der Waals surface area contributed by atoms with E-state index in [4.69, 9.17) is 9.15 Å². The third-order valence-corrected chi connectivity index (χ3v) is 4.31. The number of carbonyl (C=O) groups is 2. The fraction of sp³-hybridized carbons (Fsp3) is 0.429. The first kappa shape index (κ1) is 19.0. The van der Waals surface area contributed by atoms with E-state index in [-0.39, 0.29) is 12.0 Å². The SMILES string of the molecule is CN(C)C(=O)c1cc2cc(C3=CCCN(C(=O)OC(C)(C)C)C3)ccc2o1. The highest BCUT2D eigenvalue weighted by Crippen LogP contribution is 2.27. The summed E-state index contributed by atoms with van der Waals surface area (Å²) in [5.74, 6) is 0.154. The van der Waals surface area contributed by atoms with E-state index < -0.39 is 5.60 Å². The summed E-state index contributed by atoms with van der Waals surface area (Å²) in [6, 6.07) is 7.58. The van der Waals surface area contributed by atoms with Gasteiger partial charge in [0.25, 0.3) is 5.91 Å². The highest BCUT2D eigenvalue weighted by Gasteiger charge is 2.25. The minimum absolute atomic E-state index is 0.166. The number of hydrogen-bond acceptors (Lipinski definition) is 4. The Balaban J connectivity index is 1.81. The third kappa shape index (κ3) is 4.32. The Labute approximate surface area is 159 Å². The molecule has 0 N–H and O–H groups in total. The van der Waals surface area contributed by atoms with Gasteiger partial charge in [-0.2, -0.15) is 0 Å². The van der Waals surface area contributed by atoms with Crippen LogP contribution in [-0.4, -0.2) is 54.6 Å². The molecule has 144 valence electrons. The second-order valence-electron chi connectivity index (χ2n) is 7.98. The van der Waals surface area contributed by atoms with Crippen molar-refractivity contribution in [1.29, 1.82) is 0 Å². The lowest BCUT2D eigenvalue weighted by Gasteiger charge is -2.30. The van der Waals surface area contributed by atoms with Crippen LogP contribution < -0.4 is 0 Å². The predicted octanol–water partition coefficient (Wildman–Crippen LogP) is 4.16. The van der Waals surface area contributed by atoms with Crippen molar-refractivity contribution in [1.82, 2.24) is 9.80 Å². The molecular formula is C21H26N2O4. The van der Waals surface area contributed by atoms with Gasteiger partial charge < -0.3 is 19.0 Å². The lowest BCUT2D eigenvalue weighted by molar-refractivity contribution is 0.0273. The van der Waals surface area contributed by atoms with Gasteiger partial charge in [0.2, 0.25) is 0 Å². The molecule has 0 unspecified atom stereocenters. The number of fused-ring (bicyclic) bond motifs is 1. The normalized spacial score (nSPS) is 14.9. The van der Waals surface area contributed by atoms with E-state index in [9.17, 15) is 9.59 Å². The summed E-state index contributed by atoms with van der Waals surface area (Å²) in [6.07, 6.45) is 2.63. The molecule has 0 atom stereocenters. The topological polar surface area (TPSA) is 63.0 Å². The van der Waals surface area contributed by atoms with Crippen LogP contribution in [0.4, 0.5) is 4.79 Å². The molecule has 1 aromatic carbocycles. The maximum Gasteiger partial charge on any atom is 0.410 e. The largest absolute Gasteiger partial charge is 0.451 e. The van der Waals surface area contributed by atoms with Crippen molar-refractivity contribution in [2.45, 2.75) is 32.8 Å². The highest BCUT2D eigenvalue weighted by atomic mass is 16.6. The second kappa shape index (κ2) is 7.10. The van der Waals surface area contributed by atoms with Crippen LogP contribution in [0, 0.1) is 0 Å². The van der Waals surface area contributed by atoms with Gasteiger partial charge in [0.15, 0.2) is 5.76 Å². The van der Waals surface area contributed by atoms with E-state index in [0.29, 0.717) is 24.4 Å². The summed E-state index contributed by atoms with van der Waals surface area (Å²) in [4.78, 5) is 27.7. The van der Waals surface area contributed by atoms with Gasteiger partial charge in [-0.15, -0.1) is 0 Å². The minimum atomic E-state index is -0.510. The summed E-state index contributed by atoms with van der Waals surface area (Å²) in [7, 11) is 3.39. The molecule has 2 amide bonds. The smallest absolute Gasteiger partial charge is 0.410 e. The highest BCUT2D eigenvalue weighted by molar-refractivity contribution is 5.96. The van der Waals surface area contributed by atoms with Gasteiger partial charge in [-0.05, 0) is 56.5 Å².